The van der Waals surface area contributed by atoms with Crippen LogP contribution >= 0.6 is 0 Å². The highest BCUT2D eigenvalue weighted by Crippen LogP contribution is 2.53. The molecule has 0 amide bonds. The number of fused-ring (bicyclic) bond motifs is 4. The van der Waals surface area contributed by atoms with Crippen LogP contribution in [0.4, 0.5) is 10.1 Å². The van der Waals surface area contributed by atoms with E-state index in [1.165, 1.54) is 6.07 Å². The summed E-state index contributed by atoms with van der Waals surface area (Å²) in [7, 11) is 0. The maximum Gasteiger partial charge on any atom is 0.283 e. The SMILES string of the molecule is NC1=NCC[C@]2(O1)c1cc(N)ccc1Oc1c(F)cc(C3=CCOCC3)cc12. The maximum atomic E-state index is 15.2. The van der Waals surface area contributed by atoms with Crippen LogP contribution in [0.15, 0.2) is 41.4 Å². The van der Waals surface area contributed by atoms with Crippen molar-refractivity contribution in [2.45, 2.75) is 18.4 Å². The van der Waals surface area contributed by atoms with Crippen molar-refractivity contribution in [3.63, 3.8) is 0 Å². The summed E-state index contributed by atoms with van der Waals surface area (Å²) >= 11 is 0. The van der Waals surface area contributed by atoms with Gasteiger partial charge in [-0.2, -0.15) is 0 Å². The second kappa shape index (κ2) is 6.24. The van der Waals surface area contributed by atoms with Gasteiger partial charge in [0.25, 0.3) is 6.02 Å². The van der Waals surface area contributed by atoms with Gasteiger partial charge in [-0.15, -0.1) is 0 Å². The number of halogens is 1. The van der Waals surface area contributed by atoms with Gasteiger partial charge < -0.3 is 25.7 Å². The fourth-order valence-corrected chi connectivity index (χ4v) is 4.14. The number of nitrogens with zero attached hydrogens (tertiary/aromatic N) is 1. The Morgan fingerprint density at radius 1 is 1.11 bits per heavy atom. The first kappa shape index (κ1) is 17.1. The maximum absolute atomic E-state index is 15.2. The molecule has 3 aliphatic heterocycles. The van der Waals surface area contributed by atoms with Gasteiger partial charge in [0.15, 0.2) is 17.2 Å². The topological polar surface area (TPSA) is 92.1 Å². The van der Waals surface area contributed by atoms with Crippen molar-refractivity contribution in [2.24, 2.45) is 10.7 Å². The molecular weight excluding hydrogens is 361 g/mol. The van der Waals surface area contributed by atoms with E-state index < -0.39 is 11.4 Å². The van der Waals surface area contributed by atoms with Crippen LogP contribution in [0.1, 0.15) is 29.5 Å². The smallest absolute Gasteiger partial charge is 0.283 e. The number of aliphatic imine (C=N–C) groups is 1. The van der Waals surface area contributed by atoms with Gasteiger partial charge in [0, 0.05) is 29.8 Å². The highest BCUT2D eigenvalue weighted by atomic mass is 19.1. The summed E-state index contributed by atoms with van der Waals surface area (Å²) < 4.78 is 32.6. The molecule has 4 N–H and O–H groups in total. The van der Waals surface area contributed by atoms with E-state index in [0.29, 0.717) is 43.2 Å². The first-order valence-electron chi connectivity index (χ1n) is 9.25. The predicted molar refractivity (Wildman–Crippen MR) is 104 cm³/mol. The zero-order valence-electron chi connectivity index (χ0n) is 15.2. The van der Waals surface area contributed by atoms with E-state index in [0.717, 1.165) is 23.1 Å². The molecule has 2 aromatic rings. The van der Waals surface area contributed by atoms with Gasteiger partial charge in [0.1, 0.15) is 5.75 Å². The highest BCUT2D eigenvalue weighted by Gasteiger charge is 2.47. The lowest BCUT2D eigenvalue weighted by Gasteiger charge is -2.41. The molecule has 0 aliphatic carbocycles. The van der Waals surface area contributed by atoms with Gasteiger partial charge in [-0.05, 0) is 47.9 Å². The Balaban J connectivity index is 1.75. The summed E-state index contributed by atoms with van der Waals surface area (Å²) in [6, 6.07) is 8.76. The van der Waals surface area contributed by atoms with Crippen molar-refractivity contribution in [3.05, 3.63) is 58.9 Å². The zero-order valence-corrected chi connectivity index (χ0v) is 15.2. The molecule has 2 aromatic carbocycles. The molecule has 6 nitrogen and oxygen atoms in total. The molecule has 0 fully saturated rings. The van der Waals surface area contributed by atoms with E-state index in [2.05, 4.69) is 4.99 Å². The van der Waals surface area contributed by atoms with Crippen LogP contribution < -0.4 is 16.2 Å². The minimum absolute atomic E-state index is 0.0727. The van der Waals surface area contributed by atoms with Crippen LogP contribution in [0.5, 0.6) is 11.5 Å². The molecule has 0 unspecified atom stereocenters. The Morgan fingerprint density at radius 2 is 2.00 bits per heavy atom. The van der Waals surface area contributed by atoms with Crippen molar-refractivity contribution in [1.29, 1.82) is 0 Å². The molecule has 1 spiro atoms. The van der Waals surface area contributed by atoms with E-state index in [9.17, 15) is 0 Å². The lowest BCUT2D eigenvalue weighted by molar-refractivity contribution is 0.0627. The number of hydrogen-bond acceptors (Lipinski definition) is 6. The molecule has 144 valence electrons. The molecular formula is C21H20FN3O3. The molecule has 0 radical (unpaired) electrons. The van der Waals surface area contributed by atoms with E-state index in [1.807, 2.05) is 12.1 Å². The van der Waals surface area contributed by atoms with Crippen LogP contribution in [0.3, 0.4) is 0 Å². The van der Waals surface area contributed by atoms with Gasteiger partial charge >= 0.3 is 0 Å². The third kappa shape index (κ3) is 2.54. The summed E-state index contributed by atoms with van der Waals surface area (Å²) in [5, 5.41) is 0. The van der Waals surface area contributed by atoms with Crippen LogP contribution in [-0.4, -0.2) is 25.8 Å². The van der Waals surface area contributed by atoms with Crippen LogP contribution in [-0.2, 0) is 15.1 Å². The molecule has 7 heteroatoms. The van der Waals surface area contributed by atoms with Gasteiger partial charge in [0.05, 0.1) is 13.2 Å². The van der Waals surface area contributed by atoms with E-state index in [1.54, 1.807) is 18.2 Å². The Kier molecular flexibility index (Phi) is 3.80. The molecule has 3 heterocycles. The number of benzene rings is 2. The Labute approximate surface area is 161 Å². The summed E-state index contributed by atoms with van der Waals surface area (Å²) in [6.45, 7) is 1.59. The van der Waals surface area contributed by atoms with Crippen LogP contribution in [0.25, 0.3) is 5.57 Å². The summed E-state index contributed by atoms with van der Waals surface area (Å²) in [4.78, 5) is 4.16. The lowest BCUT2D eigenvalue weighted by atomic mass is 9.78. The van der Waals surface area contributed by atoms with Crippen molar-refractivity contribution in [1.82, 2.24) is 0 Å². The van der Waals surface area contributed by atoms with Gasteiger partial charge in [0.2, 0.25) is 0 Å². The van der Waals surface area contributed by atoms with Crippen molar-refractivity contribution < 1.29 is 18.6 Å². The van der Waals surface area contributed by atoms with E-state index in [4.69, 9.17) is 25.7 Å². The average Bonchev–Trinajstić information content (AvgIpc) is 2.70. The number of rotatable bonds is 1. The third-order valence-electron chi connectivity index (χ3n) is 5.47. The minimum atomic E-state index is -0.993. The van der Waals surface area contributed by atoms with Gasteiger partial charge in [-0.3, -0.25) is 0 Å². The highest BCUT2D eigenvalue weighted by molar-refractivity contribution is 5.76. The first-order valence-corrected chi connectivity index (χ1v) is 9.25. The molecule has 0 saturated carbocycles. The number of nitrogen functional groups attached to an aromatic ring is 1. The fraction of sp³-hybridized carbons (Fsp3) is 0.286. The molecule has 0 saturated heterocycles. The van der Waals surface area contributed by atoms with E-state index in [-0.39, 0.29) is 11.8 Å². The minimum Gasteiger partial charge on any atom is -0.453 e. The number of amidine groups is 1. The fourth-order valence-electron chi connectivity index (χ4n) is 4.14. The van der Waals surface area contributed by atoms with Crippen molar-refractivity contribution in [2.75, 3.05) is 25.5 Å². The number of hydrogen-bond donors (Lipinski definition) is 2. The molecule has 0 bridgehead atoms. The second-order valence-corrected chi connectivity index (χ2v) is 7.15. The Hall–Kier alpha value is -3.06. The number of nitrogens with two attached hydrogens (primary N) is 2. The summed E-state index contributed by atoms with van der Waals surface area (Å²) in [5.41, 5.74) is 14.7. The van der Waals surface area contributed by atoms with Gasteiger partial charge in [-0.1, -0.05) is 6.08 Å². The van der Waals surface area contributed by atoms with Crippen molar-refractivity contribution in [3.8, 4) is 11.5 Å². The standard InChI is InChI=1S/C21H20FN3O3/c22-17-10-13(12-3-7-26-8-4-12)9-16-19(17)27-18-2-1-14(23)11-15(18)21(16)5-6-25-20(24)28-21/h1-3,9-11H,4-8,23H2,(H2,24,25)/t21-/m0/s1. The van der Waals surface area contributed by atoms with Crippen LogP contribution in [0, 0.1) is 5.82 Å². The third-order valence-corrected chi connectivity index (χ3v) is 5.47. The monoisotopic (exact) mass is 381 g/mol. The Bertz CT molecular complexity index is 1030. The average molecular weight is 381 g/mol. The van der Waals surface area contributed by atoms with E-state index >= 15 is 4.39 Å². The summed E-state index contributed by atoms with van der Waals surface area (Å²) in [5.74, 6) is 0.225. The number of ether oxygens (including phenoxy) is 3. The van der Waals surface area contributed by atoms with Crippen LogP contribution in [0.2, 0.25) is 0 Å². The Morgan fingerprint density at radius 3 is 2.79 bits per heavy atom. The van der Waals surface area contributed by atoms with Gasteiger partial charge in [-0.25, -0.2) is 9.38 Å². The normalized spacial score (nSPS) is 23.0. The summed E-state index contributed by atoms with van der Waals surface area (Å²) in [6.07, 6.45) is 3.20. The zero-order chi connectivity index (χ0) is 19.3. The van der Waals surface area contributed by atoms with Crippen molar-refractivity contribution >= 4 is 17.3 Å². The largest absolute Gasteiger partial charge is 0.453 e. The molecule has 1 atom stereocenters. The second-order valence-electron chi connectivity index (χ2n) is 7.15. The molecule has 28 heavy (non-hydrogen) atoms. The first-order chi connectivity index (χ1) is 13.6. The quantitative estimate of drug-likeness (QED) is 0.740. The lowest BCUT2D eigenvalue weighted by Crippen LogP contribution is -2.42. The molecule has 3 aliphatic rings. The predicted octanol–water partition coefficient (Wildman–Crippen LogP) is 3.30. The number of anilines is 1. The molecule has 0 aromatic heterocycles. The molecule has 5 rings (SSSR count).